The lowest BCUT2D eigenvalue weighted by molar-refractivity contribution is -0.150. The Labute approximate surface area is 399 Å². The maximum absolute atomic E-state index is 14.7. The molecule has 0 aliphatic heterocycles. The molecule has 0 fully saturated rings. The van der Waals surface area contributed by atoms with Crippen molar-refractivity contribution in [2.75, 3.05) is 13.2 Å². The molecule has 0 saturated heterocycles. The Hall–Kier alpha value is -4.84. The molecular formula is C54H74NO11P. The van der Waals surface area contributed by atoms with Gasteiger partial charge in [-0.2, -0.15) is 0 Å². The fourth-order valence-corrected chi connectivity index (χ4v) is 8.56. The lowest BCUT2D eigenvalue weighted by Gasteiger charge is -2.28. The number of hydrogen-bond acceptors (Lipinski definition) is 11. The van der Waals surface area contributed by atoms with Gasteiger partial charge in [-0.1, -0.05) is 218 Å². The molecule has 0 spiro atoms. The number of carbonyl (C=O) groups is 3. The number of benzene rings is 4. The maximum atomic E-state index is 14.7. The Kier molecular flexibility index (Phi) is 27.5. The topological polar surface area (TPSA) is 145 Å². The van der Waals surface area contributed by atoms with Gasteiger partial charge in [0.1, 0.15) is 25.9 Å². The van der Waals surface area contributed by atoms with Gasteiger partial charge in [0.05, 0.1) is 25.9 Å². The molecule has 4 aromatic rings. The average Bonchev–Trinajstić information content (AvgIpc) is 3.35. The van der Waals surface area contributed by atoms with Crippen molar-refractivity contribution in [1.82, 2.24) is 5.32 Å². The van der Waals surface area contributed by atoms with Crippen LogP contribution in [0.5, 0.6) is 0 Å². The number of alkyl carbamates (subject to hydrolysis) is 1. The van der Waals surface area contributed by atoms with Gasteiger partial charge < -0.3 is 24.3 Å². The van der Waals surface area contributed by atoms with Crippen LogP contribution in [-0.4, -0.2) is 49.5 Å². The number of phosphoric ester groups is 1. The van der Waals surface area contributed by atoms with Crippen LogP contribution in [0.25, 0.3) is 0 Å². The van der Waals surface area contributed by atoms with Crippen molar-refractivity contribution in [2.24, 2.45) is 0 Å². The summed E-state index contributed by atoms with van der Waals surface area (Å²) in [6.07, 6.45) is 15.6. The Balaban J connectivity index is 1.35. The molecule has 0 radical (unpaired) electrons. The van der Waals surface area contributed by atoms with E-state index in [0.717, 1.165) is 36.8 Å². The Morgan fingerprint density at radius 1 is 0.507 bits per heavy atom. The fraction of sp³-hybridized carbons (Fsp3) is 0.500. The summed E-state index contributed by atoms with van der Waals surface area (Å²) in [7, 11) is -4.58. The molecule has 0 bridgehead atoms. The first-order valence-corrected chi connectivity index (χ1v) is 25.8. The first kappa shape index (κ1) is 54.8. The van der Waals surface area contributed by atoms with Gasteiger partial charge in [-0.25, -0.2) is 14.2 Å². The molecule has 0 saturated carbocycles. The molecule has 67 heavy (non-hydrogen) atoms. The molecule has 0 aliphatic carbocycles. The number of hydrogen-bond donors (Lipinski definition) is 1. The van der Waals surface area contributed by atoms with Crippen LogP contribution in [0.2, 0.25) is 0 Å². The molecule has 4 rings (SSSR count). The van der Waals surface area contributed by atoms with E-state index < -0.39 is 38.1 Å². The number of phosphoric acid groups is 1. The Morgan fingerprint density at radius 3 is 1.43 bits per heavy atom. The highest BCUT2D eigenvalue weighted by atomic mass is 31.2. The zero-order valence-electron chi connectivity index (χ0n) is 39.8. The highest BCUT2D eigenvalue weighted by Crippen LogP contribution is 2.52. The minimum atomic E-state index is -4.58. The standard InChI is InChI=1S/C54H74NO11P/c1-3-4-5-6-7-8-9-10-11-12-13-14-15-16-29-38-51(56)61-43-50(60-39-46-30-21-17-22-31-46)44-65-67(59,64-42-49-36-27-20-28-37-49)66-45(2)52(53(57)62-40-47-32-23-18-24-33-47)55-54(58)63-41-48-34-25-19-26-35-48/h17-28,30-37,45,50,52H,3-16,29,38-44H2,1-2H3,(H,55,58)/t45-,50+,52-,67?/m0/s1. The van der Waals surface area contributed by atoms with E-state index in [-0.39, 0.29) is 52.0 Å². The van der Waals surface area contributed by atoms with Crippen LogP contribution in [0.3, 0.4) is 0 Å². The highest BCUT2D eigenvalue weighted by Gasteiger charge is 2.38. The number of esters is 2. The molecule has 1 amide bonds. The van der Waals surface area contributed by atoms with Gasteiger partial charge in [-0.15, -0.1) is 0 Å². The van der Waals surface area contributed by atoms with Crippen molar-refractivity contribution < 1.29 is 51.5 Å². The number of nitrogens with one attached hydrogen (secondary N) is 1. The van der Waals surface area contributed by atoms with Gasteiger partial charge in [0.2, 0.25) is 0 Å². The van der Waals surface area contributed by atoms with Crippen LogP contribution in [-0.2, 0) is 73.1 Å². The monoisotopic (exact) mass is 943 g/mol. The summed E-state index contributed by atoms with van der Waals surface area (Å²) >= 11 is 0. The van der Waals surface area contributed by atoms with Crippen molar-refractivity contribution >= 4 is 25.9 Å². The van der Waals surface area contributed by atoms with Crippen LogP contribution in [0.4, 0.5) is 4.79 Å². The molecule has 0 aromatic heterocycles. The zero-order valence-corrected chi connectivity index (χ0v) is 40.7. The summed E-state index contributed by atoms with van der Waals surface area (Å²) in [4.78, 5) is 39.8. The molecular weight excluding hydrogens is 870 g/mol. The third-order valence-electron chi connectivity index (χ3n) is 11.1. The molecule has 0 aliphatic rings. The van der Waals surface area contributed by atoms with Crippen LogP contribution in [0, 0.1) is 0 Å². The lowest BCUT2D eigenvalue weighted by Crippen LogP contribution is -2.49. The molecule has 0 heterocycles. The van der Waals surface area contributed by atoms with Crippen molar-refractivity contribution in [3.05, 3.63) is 144 Å². The Morgan fingerprint density at radius 2 is 0.940 bits per heavy atom. The summed E-state index contributed by atoms with van der Waals surface area (Å²) in [6.45, 7) is 2.97. The van der Waals surface area contributed by atoms with E-state index in [1.807, 2.05) is 72.8 Å². The minimum Gasteiger partial charge on any atom is -0.463 e. The van der Waals surface area contributed by atoms with Gasteiger partial charge in [0.25, 0.3) is 0 Å². The van der Waals surface area contributed by atoms with E-state index in [4.69, 9.17) is 32.5 Å². The quantitative estimate of drug-likeness (QED) is 0.0201. The maximum Gasteiger partial charge on any atom is 0.475 e. The van der Waals surface area contributed by atoms with E-state index in [2.05, 4.69) is 12.2 Å². The van der Waals surface area contributed by atoms with Gasteiger partial charge in [-0.3, -0.25) is 18.4 Å². The Bertz CT molecular complexity index is 1960. The van der Waals surface area contributed by atoms with Gasteiger partial charge >= 0.3 is 25.9 Å². The molecule has 12 nitrogen and oxygen atoms in total. The minimum absolute atomic E-state index is 0.0656. The third kappa shape index (κ3) is 24.7. The van der Waals surface area contributed by atoms with Crippen molar-refractivity contribution in [2.45, 2.75) is 161 Å². The van der Waals surface area contributed by atoms with Crippen molar-refractivity contribution in [3.63, 3.8) is 0 Å². The van der Waals surface area contributed by atoms with Gasteiger partial charge in [-0.05, 0) is 35.6 Å². The molecule has 1 N–H and O–H groups in total. The second kappa shape index (κ2) is 33.6. The normalized spacial score (nSPS) is 13.5. The fourth-order valence-electron chi connectivity index (χ4n) is 7.17. The summed E-state index contributed by atoms with van der Waals surface area (Å²) < 4.78 is 55.4. The molecule has 1 unspecified atom stereocenters. The number of amides is 1. The summed E-state index contributed by atoms with van der Waals surface area (Å²) in [6, 6.07) is 35.0. The van der Waals surface area contributed by atoms with Gasteiger partial charge in [0, 0.05) is 6.42 Å². The summed E-state index contributed by atoms with van der Waals surface area (Å²) in [5.41, 5.74) is 2.99. The van der Waals surface area contributed by atoms with Crippen LogP contribution < -0.4 is 5.32 Å². The average molecular weight is 944 g/mol. The van der Waals surface area contributed by atoms with E-state index >= 15 is 0 Å². The molecule has 4 atom stereocenters. The highest BCUT2D eigenvalue weighted by molar-refractivity contribution is 7.48. The second-order valence-electron chi connectivity index (χ2n) is 16.9. The third-order valence-corrected chi connectivity index (χ3v) is 12.6. The summed E-state index contributed by atoms with van der Waals surface area (Å²) in [5.74, 6) is -1.23. The van der Waals surface area contributed by atoms with Crippen molar-refractivity contribution in [3.8, 4) is 0 Å². The number of ether oxygens (including phenoxy) is 4. The molecule has 13 heteroatoms. The van der Waals surface area contributed by atoms with E-state index in [0.29, 0.717) is 11.1 Å². The first-order chi connectivity index (χ1) is 32.7. The molecule has 366 valence electrons. The van der Waals surface area contributed by atoms with Gasteiger partial charge in [0.15, 0.2) is 6.04 Å². The second-order valence-corrected chi connectivity index (χ2v) is 18.5. The summed E-state index contributed by atoms with van der Waals surface area (Å²) in [5, 5.41) is 2.53. The SMILES string of the molecule is CCCCCCCCCCCCCCCCCC(=O)OC[C@H](COP(=O)(OCc1ccccc1)O[C@@H](C)[C@H](NC(=O)OCc1ccccc1)C(=O)OCc1ccccc1)OCc1ccccc1. The van der Waals surface area contributed by atoms with Crippen LogP contribution >= 0.6 is 7.82 Å². The van der Waals surface area contributed by atoms with Crippen LogP contribution in [0.1, 0.15) is 139 Å². The number of unbranched alkanes of at least 4 members (excludes halogenated alkanes) is 14. The van der Waals surface area contributed by atoms with E-state index in [1.165, 1.54) is 77.6 Å². The number of rotatable bonds is 36. The van der Waals surface area contributed by atoms with Crippen LogP contribution in [0.15, 0.2) is 121 Å². The lowest BCUT2D eigenvalue weighted by atomic mass is 10.0. The number of carbonyl (C=O) groups excluding carboxylic acids is 3. The van der Waals surface area contributed by atoms with E-state index in [1.54, 1.807) is 48.5 Å². The zero-order chi connectivity index (χ0) is 47.6. The molecule has 4 aromatic carbocycles. The van der Waals surface area contributed by atoms with E-state index in [9.17, 15) is 18.9 Å². The predicted molar refractivity (Wildman–Crippen MR) is 261 cm³/mol. The van der Waals surface area contributed by atoms with Crippen molar-refractivity contribution in [1.29, 1.82) is 0 Å². The first-order valence-electron chi connectivity index (χ1n) is 24.3. The largest absolute Gasteiger partial charge is 0.475 e. The predicted octanol–water partition coefficient (Wildman–Crippen LogP) is 13.2. The smallest absolute Gasteiger partial charge is 0.463 e.